The van der Waals surface area contributed by atoms with E-state index < -0.39 is 22.8 Å². The number of rotatable bonds is 4. The number of anilines is 1. The normalized spacial score (nSPS) is 16.2. The Morgan fingerprint density at radius 2 is 1.82 bits per heavy atom. The molecule has 1 N–H and O–H groups in total. The molecule has 1 saturated carbocycles. The smallest absolute Gasteiger partial charge is 0.341 e. The van der Waals surface area contributed by atoms with Crippen LogP contribution in [0.1, 0.15) is 43.0 Å². The highest BCUT2D eigenvalue weighted by Crippen LogP contribution is 2.29. The van der Waals surface area contributed by atoms with Crippen molar-refractivity contribution in [1.29, 1.82) is 5.26 Å². The highest BCUT2D eigenvalue weighted by atomic mass is 19.1. The Hall–Kier alpha value is -3.67. The maximum absolute atomic E-state index is 15.0. The second-order valence-electron chi connectivity index (χ2n) is 8.36. The largest absolute Gasteiger partial charge is 0.477 e. The Labute approximate surface area is 190 Å². The first-order valence-corrected chi connectivity index (χ1v) is 11.1. The second kappa shape index (κ2) is 9.06. The number of amides is 1. The zero-order valence-corrected chi connectivity index (χ0v) is 18.4. The van der Waals surface area contributed by atoms with Crippen LogP contribution in [0.25, 0.3) is 10.9 Å². The molecule has 1 aromatic heterocycles. The van der Waals surface area contributed by atoms with Gasteiger partial charge in [0.2, 0.25) is 5.43 Å². The molecule has 2 aromatic rings. The van der Waals surface area contributed by atoms with Crippen LogP contribution >= 0.6 is 0 Å². The molecule has 9 heteroatoms. The molecule has 0 radical (unpaired) electrons. The van der Waals surface area contributed by atoms with Crippen molar-refractivity contribution in [2.24, 2.45) is 0 Å². The molecular formula is C24H25FN4O4. The van der Waals surface area contributed by atoms with Gasteiger partial charge in [-0.1, -0.05) is 0 Å². The predicted octanol–water partition coefficient (Wildman–Crippen LogP) is 2.90. The number of hydrogen-bond acceptors (Lipinski definition) is 5. The number of halogens is 1. The van der Waals surface area contributed by atoms with Gasteiger partial charge < -0.3 is 19.5 Å². The molecule has 1 aliphatic heterocycles. The Morgan fingerprint density at radius 1 is 1.15 bits per heavy atom. The molecule has 0 bridgehead atoms. The van der Waals surface area contributed by atoms with Crippen molar-refractivity contribution in [1.82, 2.24) is 9.47 Å². The van der Waals surface area contributed by atoms with Gasteiger partial charge >= 0.3 is 5.97 Å². The number of nitriles is 1. The van der Waals surface area contributed by atoms with Crippen LogP contribution in [-0.4, -0.2) is 52.6 Å². The number of allylic oxidation sites excluding steroid dienone is 1. The highest BCUT2D eigenvalue weighted by Gasteiger charge is 2.28. The Kier molecular flexibility index (Phi) is 6.18. The van der Waals surface area contributed by atoms with Gasteiger partial charge in [-0.2, -0.15) is 5.26 Å². The van der Waals surface area contributed by atoms with Gasteiger partial charge in [-0.05, 0) is 50.3 Å². The van der Waals surface area contributed by atoms with Gasteiger partial charge in [0, 0.05) is 44.3 Å². The van der Waals surface area contributed by atoms with E-state index in [4.69, 9.17) is 0 Å². The summed E-state index contributed by atoms with van der Waals surface area (Å²) in [6.07, 6.45) is 4.86. The van der Waals surface area contributed by atoms with Crippen molar-refractivity contribution in [3.05, 3.63) is 51.1 Å². The fourth-order valence-electron chi connectivity index (χ4n) is 4.69. The molecule has 1 aromatic carbocycles. The molecule has 1 saturated heterocycles. The summed E-state index contributed by atoms with van der Waals surface area (Å²) in [5.74, 6) is -2.22. The minimum absolute atomic E-state index is 0.0219. The third kappa shape index (κ3) is 4.09. The number of nitrogens with zero attached hydrogens (tertiary/aromatic N) is 4. The molecular weight excluding hydrogens is 427 g/mol. The monoisotopic (exact) mass is 452 g/mol. The standard InChI is InChI=1S/C24H25FN4O4/c1-2-27-14-18(24(32)33)22(30)16-11-19(25)21(12-20(16)27)28-7-9-29(10-8-28)23(31)17(13-26)15-5-3-4-6-15/h11-12,14H,2-10H2,1H3,(H,32,33). The molecule has 8 nitrogen and oxygen atoms in total. The second-order valence-corrected chi connectivity index (χ2v) is 8.36. The summed E-state index contributed by atoms with van der Waals surface area (Å²) >= 11 is 0. The highest BCUT2D eigenvalue weighted by molar-refractivity contribution is 5.98. The van der Waals surface area contributed by atoms with Crippen LogP contribution in [0.4, 0.5) is 10.1 Å². The number of carboxylic acids is 1. The first-order chi connectivity index (χ1) is 15.8. The van der Waals surface area contributed by atoms with Crippen molar-refractivity contribution in [2.45, 2.75) is 39.2 Å². The fraction of sp³-hybridized carbons (Fsp3) is 0.417. The van der Waals surface area contributed by atoms with Gasteiger partial charge in [0.15, 0.2) is 0 Å². The van der Waals surface area contributed by atoms with E-state index in [1.165, 1.54) is 6.20 Å². The number of benzene rings is 1. The molecule has 0 spiro atoms. The molecule has 1 amide bonds. The maximum Gasteiger partial charge on any atom is 0.341 e. The number of pyridine rings is 1. The van der Waals surface area contributed by atoms with Gasteiger partial charge in [0.05, 0.1) is 11.2 Å². The van der Waals surface area contributed by atoms with E-state index in [1.807, 2.05) is 11.8 Å². The number of fused-ring (bicyclic) bond motifs is 1. The van der Waals surface area contributed by atoms with Crippen LogP contribution in [0.5, 0.6) is 0 Å². The first-order valence-electron chi connectivity index (χ1n) is 11.1. The van der Waals surface area contributed by atoms with E-state index in [-0.39, 0.29) is 16.9 Å². The summed E-state index contributed by atoms with van der Waals surface area (Å²) < 4.78 is 16.6. The summed E-state index contributed by atoms with van der Waals surface area (Å²) in [7, 11) is 0. The maximum atomic E-state index is 15.0. The van der Waals surface area contributed by atoms with Gasteiger partial charge in [-0.3, -0.25) is 9.59 Å². The lowest BCUT2D eigenvalue weighted by atomic mass is 10.1. The quantitative estimate of drug-likeness (QED) is 0.565. The molecule has 33 heavy (non-hydrogen) atoms. The summed E-state index contributed by atoms with van der Waals surface area (Å²) in [4.78, 5) is 40.3. The van der Waals surface area contributed by atoms with Gasteiger partial charge in [-0.15, -0.1) is 0 Å². The lowest BCUT2D eigenvalue weighted by molar-refractivity contribution is -0.127. The number of piperazine rings is 1. The van der Waals surface area contributed by atoms with E-state index in [0.717, 1.165) is 37.3 Å². The zero-order chi connectivity index (χ0) is 23.7. The van der Waals surface area contributed by atoms with Crippen LogP contribution in [0.15, 0.2) is 34.3 Å². The lowest BCUT2D eigenvalue weighted by Crippen LogP contribution is -2.49. The minimum atomic E-state index is -1.35. The average molecular weight is 452 g/mol. The van der Waals surface area contributed by atoms with Crippen LogP contribution < -0.4 is 10.3 Å². The van der Waals surface area contributed by atoms with Gasteiger partial charge in [0.25, 0.3) is 5.91 Å². The number of carbonyl (C=O) groups is 2. The van der Waals surface area contributed by atoms with Crippen molar-refractivity contribution in [3.8, 4) is 6.07 Å². The van der Waals surface area contributed by atoms with Gasteiger partial charge in [0.1, 0.15) is 23.0 Å². The molecule has 172 valence electrons. The fourth-order valence-corrected chi connectivity index (χ4v) is 4.69. The van der Waals surface area contributed by atoms with Crippen LogP contribution in [0.2, 0.25) is 0 Å². The molecule has 4 rings (SSSR count). The Bertz CT molecular complexity index is 1260. The number of aromatic nitrogens is 1. The van der Waals surface area contributed by atoms with Crippen molar-refractivity contribution < 1.29 is 19.1 Å². The molecule has 0 atom stereocenters. The number of carboxylic acid groups (broad SMARTS) is 1. The van der Waals surface area contributed by atoms with E-state index >= 15 is 4.39 Å². The average Bonchev–Trinajstić information content (AvgIpc) is 3.34. The Morgan fingerprint density at radius 3 is 2.39 bits per heavy atom. The zero-order valence-electron chi connectivity index (χ0n) is 18.4. The van der Waals surface area contributed by atoms with Crippen molar-refractivity contribution >= 4 is 28.5 Å². The summed E-state index contributed by atoms with van der Waals surface area (Å²) in [5.41, 5.74) is 0.831. The summed E-state index contributed by atoms with van der Waals surface area (Å²) in [6.45, 7) is 3.70. The van der Waals surface area contributed by atoms with Crippen molar-refractivity contribution in [2.75, 3.05) is 31.1 Å². The van der Waals surface area contributed by atoms with Gasteiger partial charge in [-0.25, -0.2) is 9.18 Å². The molecule has 0 unspecified atom stereocenters. The number of carbonyl (C=O) groups excluding carboxylic acids is 1. The van der Waals surface area contributed by atoms with Crippen molar-refractivity contribution in [3.63, 3.8) is 0 Å². The van der Waals surface area contributed by atoms with Crippen LogP contribution in [0, 0.1) is 17.1 Å². The topological polar surface area (TPSA) is 107 Å². The van der Waals surface area contributed by atoms with E-state index in [0.29, 0.717) is 43.9 Å². The minimum Gasteiger partial charge on any atom is -0.477 e. The molecule has 2 heterocycles. The third-order valence-corrected chi connectivity index (χ3v) is 6.51. The number of hydrogen-bond donors (Lipinski definition) is 1. The first kappa shape index (κ1) is 22.5. The molecule has 2 fully saturated rings. The number of aryl methyl sites for hydroxylation is 1. The van der Waals surface area contributed by atoms with Crippen LogP contribution in [-0.2, 0) is 11.3 Å². The van der Waals surface area contributed by atoms with E-state index in [1.54, 1.807) is 15.5 Å². The SMILES string of the molecule is CCn1cc(C(=O)O)c(=O)c2cc(F)c(N3CCN(C(=O)C(C#N)=C4CCCC4)CC3)cc21. The summed E-state index contributed by atoms with van der Waals surface area (Å²) in [5, 5.41) is 18.8. The number of aromatic carboxylic acids is 1. The van der Waals surface area contributed by atoms with E-state index in [9.17, 15) is 24.8 Å². The van der Waals surface area contributed by atoms with Crippen LogP contribution in [0.3, 0.4) is 0 Å². The van der Waals surface area contributed by atoms with E-state index in [2.05, 4.69) is 6.07 Å². The third-order valence-electron chi connectivity index (χ3n) is 6.51. The Balaban J connectivity index is 1.60. The predicted molar refractivity (Wildman–Crippen MR) is 121 cm³/mol. The summed E-state index contributed by atoms with van der Waals surface area (Å²) in [6, 6.07) is 4.75. The molecule has 2 aliphatic rings. The molecule has 1 aliphatic carbocycles. The lowest BCUT2D eigenvalue weighted by Gasteiger charge is -2.36.